The quantitative estimate of drug-likeness (QED) is 0.680. The molecule has 0 aromatic carbocycles. The topological polar surface area (TPSA) is 25.8 Å². The van der Waals surface area contributed by atoms with Crippen LogP contribution in [0.15, 0.2) is 12.3 Å². The third kappa shape index (κ3) is 1.42. The Bertz CT molecular complexity index is 267. The minimum absolute atomic E-state index is 0.160. The molecule has 0 radical (unpaired) electrons. The van der Waals surface area contributed by atoms with Crippen LogP contribution in [-0.2, 0) is 0 Å². The van der Waals surface area contributed by atoms with E-state index in [2.05, 4.69) is 9.97 Å². The van der Waals surface area contributed by atoms with Gasteiger partial charge in [-0.2, -0.15) is 0 Å². The third-order valence-electron chi connectivity index (χ3n) is 1.86. The van der Waals surface area contributed by atoms with Crippen molar-refractivity contribution in [2.45, 2.75) is 25.2 Å². The molecule has 0 N–H and O–H groups in total. The molecule has 0 saturated heterocycles. The van der Waals surface area contributed by atoms with Crippen LogP contribution < -0.4 is 0 Å². The summed E-state index contributed by atoms with van der Waals surface area (Å²) in [6, 6.07) is 1.26. The van der Waals surface area contributed by atoms with Gasteiger partial charge < -0.3 is 0 Å². The van der Waals surface area contributed by atoms with Crippen LogP contribution in [0, 0.1) is 0 Å². The van der Waals surface area contributed by atoms with Crippen LogP contribution >= 0.6 is 0 Å². The van der Waals surface area contributed by atoms with Crippen molar-refractivity contribution in [1.29, 1.82) is 0 Å². The van der Waals surface area contributed by atoms with E-state index in [1.165, 1.54) is 12.3 Å². The first-order valence-electron chi connectivity index (χ1n) is 3.88. The molecule has 1 aromatic heterocycles. The zero-order valence-electron chi connectivity index (χ0n) is 6.37. The molecule has 2 nitrogen and oxygen atoms in total. The molecule has 1 fully saturated rings. The van der Waals surface area contributed by atoms with Gasteiger partial charge in [0, 0.05) is 12.1 Å². The predicted octanol–water partition coefficient (Wildman–Crippen LogP) is 2.29. The largest absolute Gasteiger partial charge is 0.280 e. The molecule has 4 heteroatoms. The minimum Gasteiger partial charge on any atom is -0.241 e. The summed E-state index contributed by atoms with van der Waals surface area (Å²) in [6.07, 6.45) is 0.993. The number of halogens is 2. The van der Waals surface area contributed by atoms with Crippen molar-refractivity contribution in [3.8, 4) is 0 Å². The lowest BCUT2D eigenvalue weighted by molar-refractivity contribution is 0.145. The Morgan fingerprint density at radius 1 is 1.42 bits per heavy atom. The molecule has 1 heterocycles. The van der Waals surface area contributed by atoms with Crippen molar-refractivity contribution < 1.29 is 8.78 Å². The number of nitrogens with zero attached hydrogens (tertiary/aromatic N) is 2. The highest BCUT2D eigenvalue weighted by Gasteiger charge is 2.27. The monoisotopic (exact) mass is 170 g/mol. The average molecular weight is 170 g/mol. The second-order valence-corrected chi connectivity index (χ2v) is 2.91. The Balaban J connectivity index is 2.26. The molecule has 0 bridgehead atoms. The molecule has 0 unspecified atom stereocenters. The van der Waals surface area contributed by atoms with Gasteiger partial charge in [0.1, 0.15) is 11.5 Å². The van der Waals surface area contributed by atoms with Crippen LogP contribution in [0.25, 0.3) is 0 Å². The van der Waals surface area contributed by atoms with Crippen LogP contribution in [0.4, 0.5) is 8.78 Å². The summed E-state index contributed by atoms with van der Waals surface area (Å²) in [5.41, 5.74) is -0.160. The second-order valence-electron chi connectivity index (χ2n) is 2.91. The smallest absolute Gasteiger partial charge is 0.241 e. The number of alkyl halides is 2. The van der Waals surface area contributed by atoms with E-state index in [9.17, 15) is 8.78 Å². The highest BCUT2D eigenvalue weighted by atomic mass is 19.3. The van der Waals surface area contributed by atoms with Crippen LogP contribution in [-0.4, -0.2) is 9.97 Å². The van der Waals surface area contributed by atoms with E-state index in [-0.39, 0.29) is 5.69 Å². The van der Waals surface area contributed by atoms with E-state index in [4.69, 9.17) is 0 Å². The van der Waals surface area contributed by atoms with Gasteiger partial charge in [-0.25, -0.2) is 18.7 Å². The van der Waals surface area contributed by atoms with Crippen LogP contribution in [0.2, 0.25) is 0 Å². The first kappa shape index (κ1) is 7.58. The van der Waals surface area contributed by atoms with Gasteiger partial charge in [0.15, 0.2) is 0 Å². The molecule has 1 saturated carbocycles. The maximum absolute atomic E-state index is 12.1. The van der Waals surface area contributed by atoms with Crippen molar-refractivity contribution in [3.05, 3.63) is 23.8 Å². The zero-order valence-corrected chi connectivity index (χ0v) is 6.37. The molecule has 1 aromatic rings. The first-order chi connectivity index (χ1) is 5.77. The van der Waals surface area contributed by atoms with Crippen LogP contribution in [0.3, 0.4) is 0 Å². The van der Waals surface area contributed by atoms with Gasteiger partial charge in [-0.3, -0.25) is 0 Å². The van der Waals surface area contributed by atoms with E-state index < -0.39 is 6.43 Å². The lowest BCUT2D eigenvalue weighted by Crippen LogP contribution is -1.97. The molecule has 0 atom stereocenters. The van der Waals surface area contributed by atoms with Gasteiger partial charge in [0.25, 0.3) is 6.43 Å². The molecule has 2 rings (SSSR count). The Labute approximate surface area is 68.7 Å². The van der Waals surface area contributed by atoms with Gasteiger partial charge >= 0.3 is 0 Å². The number of rotatable bonds is 2. The van der Waals surface area contributed by atoms with E-state index in [0.717, 1.165) is 12.8 Å². The normalized spacial score (nSPS) is 16.9. The van der Waals surface area contributed by atoms with Crippen molar-refractivity contribution in [1.82, 2.24) is 9.97 Å². The fourth-order valence-electron chi connectivity index (χ4n) is 1.05. The van der Waals surface area contributed by atoms with E-state index in [0.29, 0.717) is 11.7 Å². The first-order valence-corrected chi connectivity index (χ1v) is 3.88. The standard InChI is InChI=1S/C8H8F2N2/c9-7(10)6-3-4-11-8(12-6)5-1-2-5/h3-5,7H,1-2H2. The molecule has 0 amide bonds. The lowest BCUT2D eigenvalue weighted by Gasteiger charge is -1.99. The van der Waals surface area contributed by atoms with Crippen LogP contribution in [0.5, 0.6) is 0 Å². The Morgan fingerprint density at radius 2 is 2.17 bits per heavy atom. The Kier molecular flexibility index (Phi) is 1.75. The maximum Gasteiger partial charge on any atom is 0.280 e. The van der Waals surface area contributed by atoms with E-state index >= 15 is 0 Å². The number of hydrogen-bond donors (Lipinski definition) is 0. The van der Waals surface area contributed by atoms with Crippen molar-refractivity contribution in [3.63, 3.8) is 0 Å². The summed E-state index contributed by atoms with van der Waals surface area (Å²) in [5.74, 6) is 0.913. The zero-order chi connectivity index (χ0) is 8.55. The fraction of sp³-hybridized carbons (Fsp3) is 0.500. The third-order valence-corrected chi connectivity index (χ3v) is 1.86. The number of aromatic nitrogens is 2. The lowest BCUT2D eigenvalue weighted by atomic mass is 10.3. The average Bonchev–Trinajstić information content (AvgIpc) is 2.87. The molecular formula is C8H8F2N2. The van der Waals surface area contributed by atoms with E-state index in [1.807, 2.05) is 0 Å². The summed E-state index contributed by atoms with van der Waals surface area (Å²) in [7, 11) is 0. The summed E-state index contributed by atoms with van der Waals surface area (Å²) in [6.45, 7) is 0. The number of hydrogen-bond acceptors (Lipinski definition) is 2. The molecule has 64 valence electrons. The van der Waals surface area contributed by atoms with Crippen molar-refractivity contribution in [2.24, 2.45) is 0 Å². The maximum atomic E-state index is 12.1. The van der Waals surface area contributed by atoms with Gasteiger partial charge in [0.2, 0.25) is 0 Å². The molecule has 0 aliphatic heterocycles. The van der Waals surface area contributed by atoms with Gasteiger partial charge in [0.05, 0.1) is 0 Å². The van der Waals surface area contributed by atoms with E-state index in [1.54, 1.807) is 0 Å². The van der Waals surface area contributed by atoms with Gasteiger partial charge in [-0.15, -0.1) is 0 Å². The van der Waals surface area contributed by atoms with Crippen molar-refractivity contribution in [2.75, 3.05) is 0 Å². The summed E-state index contributed by atoms with van der Waals surface area (Å²) < 4.78 is 24.3. The van der Waals surface area contributed by atoms with Gasteiger partial charge in [-0.1, -0.05) is 0 Å². The summed E-state index contributed by atoms with van der Waals surface area (Å²) in [5, 5.41) is 0. The second kappa shape index (κ2) is 2.77. The van der Waals surface area contributed by atoms with Gasteiger partial charge in [-0.05, 0) is 18.9 Å². The summed E-state index contributed by atoms with van der Waals surface area (Å²) in [4.78, 5) is 7.71. The fourth-order valence-corrected chi connectivity index (χ4v) is 1.05. The van der Waals surface area contributed by atoms with Crippen molar-refractivity contribution >= 4 is 0 Å². The molecule has 12 heavy (non-hydrogen) atoms. The highest BCUT2D eigenvalue weighted by molar-refractivity contribution is 5.10. The highest BCUT2D eigenvalue weighted by Crippen LogP contribution is 2.38. The Hall–Kier alpha value is -1.06. The molecule has 1 aliphatic carbocycles. The minimum atomic E-state index is -2.48. The SMILES string of the molecule is FC(F)c1ccnc(C2CC2)n1. The predicted molar refractivity (Wildman–Crippen MR) is 39.0 cm³/mol. The summed E-state index contributed by atoms with van der Waals surface area (Å²) >= 11 is 0. The molecular weight excluding hydrogens is 162 g/mol. The van der Waals surface area contributed by atoms with Crippen LogP contribution in [0.1, 0.15) is 36.7 Å². The molecule has 0 spiro atoms. The molecule has 1 aliphatic rings. The Morgan fingerprint density at radius 3 is 2.75 bits per heavy atom.